The molecule has 0 aromatic rings. The predicted octanol–water partition coefficient (Wildman–Crippen LogP) is 3.93. The van der Waals surface area contributed by atoms with Crippen LogP contribution in [0.3, 0.4) is 0 Å². The molecule has 82 valence electrons. The molecule has 0 aromatic heterocycles. The molecule has 13 heavy (non-hydrogen) atoms. The van der Waals surface area contributed by atoms with Crippen LogP contribution in [0.1, 0.15) is 59.3 Å². The summed E-state index contributed by atoms with van der Waals surface area (Å²) in [6, 6.07) is 0. The van der Waals surface area contributed by atoms with Gasteiger partial charge in [-0.25, -0.2) is 0 Å². The van der Waals surface area contributed by atoms with Gasteiger partial charge in [0.1, 0.15) is 0 Å². The zero-order valence-corrected chi connectivity index (χ0v) is 10.4. The van der Waals surface area contributed by atoms with Gasteiger partial charge < -0.3 is 4.90 Å². The van der Waals surface area contributed by atoms with Gasteiger partial charge >= 0.3 is 0 Å². The molecule has 1 aliphatic carbocycles. The Balaban J connectivity index is 0. The van der Waals surface area contributed by atoms with Gasteiger partial charge in [0, 0.05) is 0 Å². The summed E-state index contributed by atoms with van der Waals surface area (Å²) >= 11 is 0. The molecule has 1 saturated carbocycles. The van der Waals surface area contributed by atoms with Crippen molar-refractivity contribution in [2.24, 2.45) is 0 Å². The average Bonchev–Trinajstić information content (AvgIpc) is 2.62. The molecule has 0 bridgehead atoms. The Kier molecular flexibility index (Phi) is 17.2. The molecule has 0 heterocycles. The lowest BCUT2D eigenvalue weighted by Crippen LogP contribution is -2.08. The van der Waals surface area contributed by atoms with Gasteiger partial charge in [-0.1, -0.05) is 59.3 Å². The van der Waals surface area contributed by atoms with Crippen molar-refractivity contribution in [2.75, 3.05) is 20.6 Å². The summed E-state index contributed by atoms with van der Waals surface area (Å²) < 4.78 is 0. The van der Waals surface area contributed by atoms with Crippen molar-refractivity contribution in [2.45, 2.75) is 59.3 Å². The summed E-state index contributed by atoms with van der Waals surface area (Å²) in [6.45, 7) is 7.51. The highest BCUT2D eigenvalue weighted by Crippen LogP contribution is 2.15. The fourth-order valence-electron chi connectivity index (χ4n) is 0.884. The van der Waals surface area contributed by atoms with Gasteiger partial charge in [0.25, 0.3) is 0 Å². The maximum Gasteiger partial charge on any atom is -0.00533 e. The Morgan fingerprint density at radius 3 is 1.00 bits per heavy atom. The van der Waals surface area contributed by atoms with Crippen LogP contribution in [0.15, 0.2) is 0 Å². The first-order valence-electron chi connectivity index (χ1n) is 5.83. The van der Waals surface area contributed by atoms with Crippen molar-refractivity contribution in [3.63, 3.8) is 0 Å². The van der Waals surface area contributed by atoms with Crippen molar-refractivity contribution in [1.29, 1.82) is 0 Å². The highest BCUT2D eigenvalue weighted by Gasteiger charge is 1.95. The highest BCUT2D eigenvalue weighted by atomic mass is 15.0. The van der Waals surface area contributed by atoms with Gasteiger partial charge in [-0.2, -0.15) is 0 Å². The zero-order chi connectivity index (χ0) is 10.5. The second kappa shape index (κ2) is 14.5. The lowest BCUT2D eigenvalue weighted by molar-refractivity contribution is 0.434. The normalized spacial score (nSPS) is 14.3. The smallest absolute Gasteiger partial charge is 0.00533 e. The summed E-state index contributed by atoms with van der Waals surface area (Å²) in [6.07, 6.45) is 8.75. The fourth-order valence-corrected chi connectivity index (χ4v) is 0.884. The van der Waals surface area contributed by atoms with Gasteiger partial charge in [0.05, 0.1) is 0 Å². The molecule has 0 unspecified atom stereocenters. The maximum atomic E-state index is 2.12. The first-order valence-corrected chi connectivity index (χ1v) is 5.83. The van der Waals surface area contributed by atoms with E-state index in [4.69, 9.17) is 0 Å². The van der Waals surface area contributed by atoms with Gasteiger partial charge in [0.15, 0.2) is 0 Å². The van der Waals surface area contributed by atoms with Crippen molar-refractivity contribution < 1.29 is 0 Å². The van der Waals surface area contributed by atoms with E-state index in [-0.39, 0.29) is 0 Å². The second-order valence-corrected chi connectivity index (χ2v) is 3.87. The largest absolute Gasteiger partial charge is 0.310 e. The van der Waals surface area contributed by atoms with Gasteiger partial charge in [-0.3, -0.25) is 0 Å². The summed E-state index contributed by atoms with van der Waals surface area (Å²) in [5.41, 5.74) is 0. The quantitative estimate of drug-likeness (QED) is 0.601. The predicted molar refractivity (Wildman–Crippen MR) is 63.3 cm³/mol. The van der Waals surface area contributed by atoms with E-state index in [9.17, 15) is 0 Å². The molecule has 0 aliphatic heterocycles. The Morgan fingerprint density at radius 1 is 0.769 bits per heavy atom. The number of hydrogen-bond acceptors (Lipinski definition) is 1. The summed E-state index contributed by atoms with van der Waals surface area (Å²) in [5, 5.41) is 0. The number of rotatable bonds is 1. The minimum absolute atomic E-state index is 1.14. The van der Waals surface area contributed by atoms with E-state index in [2.05, 4.69) is 39.8 Å². The van der Waals surface area contributed by atoms with Crippen LogP contribution < -0.4 is 0 Å². The maximum absolute atomic E-state index is 2.12. The monoisotopic (exact) mass is 187 g/mol. The van der Waals surface area contributed by atoms with Crippen LogP contribution in [0.25, 0.3) is 0 Å². The molecule has 0 aromatic carbocycles. The first kappa shape index (κ1) is 15.4. The van der Waals surface area contributed by atoms with Crippen LogP contribution >= 0.6 is 0 Å². The van der Waals surface area contributed by atoms with E-state index < -0.39 is 0 Å². The second-order valence-electron chi connectivity index (χ2n) is 3.87. The SMILES string of the molecule is C1CCCC1.CCC.CCN(C)C. The van der Waals surface area contributed by atoms with E-state index in [1.165, 1.54) is 38.5 Å². The minimum atomic E-state index is 1.14. The Labute approximate surface area is 85.5 Å². The molecule has 1 heteroatoms. The lowest BCUT2D eigenvalue weighted by Gasteiger charge is -2.00. The molecule has 0 N–H and O–H groups in total. The average molecular weight is 187 g/mol. The third-order valence-electron chi connectivity index (χ3n) is 1.88. The van der Waals surface area contributed by atoms with E-state index >= 15 is 0 Å². The molecular weight excluding hydrogens is 158 g/mol. The molecule has 0 radical (unpaired) electrons. The van der Waals surface area contributed by atoms with Crippen LogP contribution in [-0.4, -0.2) is 25.5 Å². The first-order chi connectivity index (χ1) is 6.18. The van der Waals surface area contributed by atoms with Gasteiger partial charge in [0.2, 0.25) is 0 Å². The van der Waals surface area contributed by atoms with Gasteiger partial charge in [-0.05, 0) is 20.6 Å². The molecule has 0 spiro atoms. The van der Waals surface area contributed by atoms with E-state index in [0.717, 1.165) is 6.54 Å². The molecule has 1 fully saturated rings. The summed E-state index contributed by atoms with van der Waals surface area (Å²) in [7, 11) is 4.11. The van der Waals surface area contributed by atoms with Crippen molar-refractivity contribution in [1.82, 2.24) is 4.90 Å². The van der Waals surface area contributed by atoms with Crippen molar-refractivity contribution >= 4 is 0 Å². The van der Waals surface area contributed by atoms with E-state index in [0.29, 0.717) is 0 Å². The molecular formula is C12H29N. The van der Waals surface area contributed by atoms with E-state index in [1.54, 1.807) is 0 Å². The van der Waals surface area contributed by atoms with E-state index in [1.807, 2.05) is 0 Å². The molecule has 0 amide bonds. The molecule has 1 nitrogen and oxygen atoms in total. The molecule has 0 saturated heterocycles. The fraction of sp³-hybridized carbons (Fsp3) is 1.00. The third kappa shape index (κ3) is 24.5. The molecule has 1 aliphatic rings. The minimum Gasteiger partial charge on any atom is -0.310 e. The topological polar surface area (TPSA) is 3.24 Å². The van der Waals surface area contributed by atoms with Crippen molar-refractivity contribution in [3.8, 4) is 0 Å². The van der Waals surface area contributed by atoms with Crippen LogP contribution in [-0.2, 0) is 0 Å². The standard InChI is InChI=1S/C5H10.C4H11N.C3H8/c1-2-4-5-3-1;1-4-5(2)3;1-3-2/h1-5H2;4H2,1-3H3;3H2,1-2H3. The highest BCUT2D eigenvalue weighted by molar-refractivity contribution is 4.51. The summed E-state index contributed by atoms with van der Waals surface area (Å²) in [5.74, 6) is 0. The Hall–Kier alpha value is -0.0400. The zero-order valence-electron chi connectivity index (χ0n) is 10.4. The van der Waals surface area contributed by atoms with Crippen LogP contribution in [0.5, 0.6) is 0 Å². The third-order valence-corrected chi connectivity index (χ3v) is 1.88. The number of nitrogens with zero attached hydrogens (tertiary/aromatic N) is 1. The lowest BCUT2D eigenvalue weighted by atomic mass is 10.4. The summed E-state index contributed by atoms with van der Waals surface area (Å²) in [4.78, 5) is 2.12. The molecule has 0 atom stereocenters. The van der Waals surface area contributed by atoms with Crippen LogP contribution in [0, 0.1) is 0 Å². The van der Waals surface area contributed by atoms with Gasteiger partial charge in [-0.15, -0.1) is 0 Å². The Bertz CT molecular complexity index is 57.9. The molecule has 1 rings (SSSR count). The van der Waals surface area contributed by atoms with Crippen LogP contribution in [0.2, 0.25) is 0 Å². The van der Waals surface area contributed by atoms with Crippen molar-refractivity contribution in [3.05, 3.63) is 0 Å². The van der Waals surface area contributed by atoms with Crippen LogP contribution in [0.4, 0.5) is 0 Å². The number of hydrogen-bond donors (Lipinski definition) is 0. The Morgan fingerprint density at radius 2 is 0.923 bits per heavy atom.